The number of alkyl halides is 3. The van der Waals surface area contributed by atoms with E-state index in [9.17, 15) is 18.0 Å². The van der Waals surface area contributed by atoms with Gasteiger partial charge in [0.15, 0.2) is 5.82 Å². The molecule has 1 heterocycles. The van der Waals surface area contributed by atoms with Gasteiger partial charge in [-0.05, 0) is 35.4 Å². The van der Waals surface area contributed by atoms with Crippen LogP contribution in [0.2, 0.25) is 0 Å². The largest absolute Gasteiger partial charge is 0.573 e. The van der Waals surface area contributed by atoms with Crippen molar-refractivity contribution in [3.05, 3.63) is 71.9 Å². The van der Waals surface area contributed by atoms with Gasteiger partial charge in [0.25, 0.3) is 0 Å². The number of carbonyl (C=O) groups is 1. The van der Waals surface area contributed by atoms with Crippen LogP contribution in [0.1, 0.15) is 11.1 Å². The van der Waals surface area contributed by atoms with Crippen molar-refractivity contribution in [2.45, 2.75) is 19.3 Å². The second-order valence-electron chi connectivity index (χ2n) is 6.88. The van der Waals surface area contributed by atoms with Gasteiger partial charge in [0, 0.05) is 32.0 Å². The normalized spacial score (nSPS) is 11.2. The Morgan fingerprint density at radius 2 is 1.67 bits per heavy atom. The molecule has 0 atom stereocenters. The van der Waals surface area contributed by atoms with E-state index < -0.39 is 6.36 Å². The van der Waals surface area contributed by atoms with E-state index >= 15 is 0 Å². The molecular weight excluding hydrogens is 397 g/mol. The molecule has 1 N–H and O–H groups in total. The standard InChI is InChI=1S/C21H21F3N4O2/c1-27(2)17-7-3-15(4-8-17)13-20(29)25-19-11-12-28(26-19)14-16-5-9-18(10-6-16)30-21(22,23)24/h3-12H,13-14H2,1-2H3,(H,25,26,29). The number of carbonyl (C=O) groups excluding carboxylic acids is 1. The lowest BCUT2D eigenvalue weighted by Crippen LogP contribution is -2.17. The Kier molecular flexibility index (Phi) is 6.29. The summed E-state index contributed by atoms with van der Waals surface area (Å²) >= 11 is 0. The molecule has 158 valence electrons. The van der Waals surface area contributed by atoms with Crippen LogP contribution in [0.3, 0.4) is 0 Å². The summed E-state index contributed by atoms with van der Waals surface area (Å²) in [5.41, 5.74) is 2.68. The van der Waals surface area contributed by atoms with Crippen LogP contribution in [-0.2, 0) is 17.8 Å². The van der Waals surface area contributed by atoms with E-state index in [0.29, 0.717) is 12.4 Å². The fraction of sp³-hybridized carbons (Fsp3) is 0.238. The quantitative estimate of drug-likeness (QED) is 0.628. The van der Waals surface area contributed by atoms with Crippen molar-refractivity contribution >= 4 is 17.4 Å². The molecule has 3 aromatic rings. The van der Waals surface area contributed by atoms with Gasteiger partial charge in [-0.2, -0.15) is 5.10 Å². The molecule has 9 heteroatoms. The van der Waals surface area contributed by atoms with E-state index in [-0.39, 0.29) is 18.1 Å². The third kappa shape index (κ3) is 6.26. The maximum Gasteiger partial charge on any atom is 0.573 e. The minimum atomic E-state index is -4.72. The van der Waals surface area contributed by atoms with Gasteiger partial charge in [-0.1, -0.05) is 24.3 Å². The third-order valence-corrected chi connectivity index (χ3v) is 4.23. The second kappa shape index (κ2) is 8.89. The van der Waals surface area contributed by atoms with Gasteiger partial charge >= 0.3 is 6.36 Å². The number of halogens is 3. The number of anilines is 2. The number of hydrogen-bond acceptors (Lipinski definition) is 4. The summed E-state index contributed by atoms with van der Waals surface area (Å²) in [6.07, 6.45) is -2.81. The van der Waals surface area contributed by atoms with E-state index in [1.165, 1.54) is 24.3 Å². The molecule has 0 unspecified atom stereocenters. The van der Waals surface area contributed by atoms with Gasteiger partial charge in [0.05, 0.1) is 13.0 Å². The van der Waals surface area contributed by atoms with Crippen LogP contribution >= 0.6 is 0 Å². The average molecular weight is 418 g/mol. The Morgan fingerprint density at radius 1 is 1.03 bits per heavy atom. The maximum atomic E-state index is 12.2. The van der Waals surface area contributed by atoms with Crippen LogP contribution in [0.25, 0.3) is 0 Å². The van der Waals surface area contributed by atoms with Crippen molar-refractivity contribution in [3.63, 3.8) is 0 Å². The first-order valence-corrected chi connectivity index (χ1v) is 9.12. The van der Waals surface area contributed by atoms with Gasteiger partial charge in [-0.3, -0.25) is 9.48 Å². The van der Waals surface area contributed by atoms with Gasteiger partial charge in [0.1, 0.15) is 5.75 Å². The molecule has 3 rings (SSSR count). The molecule has 0 saturated carbocycles. The fourth-order valence-electron chi connectivity index (χ4n) is 2.78. The Labute approximate surface area is 171 Å². The summed E-state index contributed by atoms with van der Waals surface area (Å²) in [7, 11) is 3.89. The molecule has 1 aromatic heterocycles. The van der Waals surface area contributed by atoms with Crippen LogP contribution < -0.4 is 15.0 Å². The molecule has 2 aromatic carbocycles. The van der Waals surface area contributed by atoms with E-state index in [0.717, 1.165) is 16.8 Å². The molecular formula is C21H21F3N4O2. The number of rotatable bonds is 7. The molecule has 1 amide bonds. The molecule has 0 spiro atoms. The van der Waals surface area contributed by atoms with Gasteiger partial charge in [-0.25, -0.2) is 0 Å². The van der Waals surface area contributed by atoms with Gasteiger partial charge < -0.3 is 15.0 Å². The second-order valence-corrected chi connectivity index (χ2v) is 6.88. The van der Waals surface area contributed by atoms with Crippen molar-refractivity contribution in [1.82, 2.24) is 9.78 Å². The predicted octanol–water partition coefficient (Wildman–Crippen LogP) is 4.08. The van der Waals surface area contributed by atoms with Crippen molar-refractivity contribution < 1.29 is 22.7 Å². The molecule has 0 aliphatic heterocycles. The van der Waals surface area contributed by atoms with Crippen LogP contribution in [0.5, 0.6) is 5.75 Å². The Morgan fingerprint density at radius 3 is 2.27 bits per heavy atom. The maximum absolute atomic E-state index is 12.2. The molecule has 0 aliphatic carbocycles. The minimum absolute atomic E-state index is 0.188. The zero-order chi connectivity index (χ0) is 21.7. The monoisotopic (exact) mass is 418 g/mol. The average Bonchev–Trinajstić information content (AvgIpc) is 3.09. The number of nitrogens with one attached hydrogen (secondary N) is 1. The lowest BCUT2D eigenvalue weighted by molar-refractivity contribution is -0.274. The van der Waals surface area contributed by atoms with Crippen molar-refractivity contribution in [2.24, 2.45) is 0 Å². The summed E-state index contributed by atoms with van der Waals surface area (Å²) in [4.78, 5) is 14.2. The molecule has 0 aliphatic rings. The lowest BCUT2D eigenvalue weighted by Gasteiger charge is -2.12. The fourth-order valence-corrected chi connectivity index (χ4v) is 2.78. The Hall–Kier alpha value is -3.49. The molecule has 0 bridgehead atoms. The van der Waals surface area contributed by atoms with E-state index in [2.05, 4.69) is 15.2 Å². The third-order valence-electron chi connectivity index (χ3n) is 4.23. The van der Waals surface area contributed by atoms with Crippen LogP contribution in [0.15, 0.2) is 60.8 Å². The first-order chi connectivity index (χ1) is 14.2. The highest BCUT2D eigenvalue weighted by Gasteiger charge is 2.30. The van der Waals surface area contributed by atoms with E-state index in [1.54, 1.807) is 16.9 Å². The lowest BCUT2D eigenvalue weighted by atomic mass is 10.1. The number of aromatic nitrogens is 2. The minimum Gasteiger partial charge on any atom is -0.406 e. The Balaban J connectivity index is 1.53. The van der Waals surface area contributed by atoms with Gasteiger partial charge in [-0.15, -0.1) is 13.2 Å². The number of hydrogen-bond donors (Lipinski definition) is 1. The van der Waals surface area contributed by atoms with Crippen molar-refractivity contribution in [1.29, 1.82) is 0 Å². The molecule has 30 heavy (non-hydrogen) atoms. The van der Waals surface area contributed by atoms with Crippen molar-refractivity contribution in [3.8, 4) is 5.75 Å². The zero-order valence-electron chi connectivity index (χ0n) is 16.5. The highest BCUT2D eigenvalue weighted by atomic mass is 19.4. The molecule has 0 radical (unpaired) electrons. The topological polar surface area (TPSA) is 59.4 Å². The van der Waals surface area contributed by atoms with Crippen LogP contribution in [0, 0.1) is 0 Å². The predicted molar refractivity (Wildman–Crippen MR) is 108 cm³/mol. The van der Waals surface area contributed by atoms with Crippen LogP contribution in [-0.4, -0.2) is 36.1 Å². The zero-order valence-corrected chi connectivity index (χ0v) is 16.5. The highest BCUT2D eigenvalue weighted by Crippen LogP contribution is 2.23. The first kappa shape index (κ1) is 21.2. The number of amides is 1. The Bertz CT molecular complexity index is 981. The van der Waals surface area contributed by atoms with Gasteiger partial charge in [0.2, 0.25) is 5.91 Å². The molecule has 0 saturated heterocycles. The first-order valence-electron chi connectivity index (χ1n) is 9.12. The number of ether oxygens (including phenoxy) is 1. The summed E-state index contributed by atoms with van der Waals surface area (Å²) in [6, 6.07) is 14.9. The molecule has 6 nitrogen and oxygen atoms in total. The number of benzene rings is 2. The SMILES string of the molecule is CN(C)c1ccc(CC(=O)Nc2ccn(Cc3ccc(OC(F)(F)F)cc3)n2)cc1. The highest BCUT2D eigenvalue weighted by molar-refractivity contribution is 5.91. The summed E-state index contributed by atoms with van der Waals surface area (Å²) < 4.78 is 42.1. The van der Waals surface area contributed by atoms with E-state index in [1.807, 2.05) is 43.3 Å². The summed E-state index contributed by atoms with van der Waals surface area (Å²) in [5, 5.41) is 7.02. The number of nitrogens with zero attached hydrogens (tertiary/aromatic N) is 3. The van der Waals surface area contributed by atoms with E-state index in [4.69, 9.17) is 0 Å². The summed E-state index contributed by atoms with van der Waals surface area (Å²) in [6.45, 7) is 0.341. The summed E-state index contributed by atoms with van der Waals surface area (Å²) in [5.74, 6) is -0.0632. The smallest absolute Gasteiger partial charge is 0.406 e. The van der Waals surface area contributed by atoms with Crippen LogP contribution in [0.4, 0.5) is 24.7 Å². The molecule has 0 fully saturated rings. The van der Waals surface area contributed by atoms with Crippen molar-refractivity contribution in [2.75, 3.05) is 24.3 Å².